The van der Waals surface area contributed by atoms with Crippen LogP contribution in [0.2, 0.25) is 0 Å². The Morgan fingerprint density at radius 1 is 0.933 bits per heavy atom. The van der Waals surface area contributed by atoms with Crippen molar-refractivity contribution >= 4 is 22.3 Å². The second-order valence-electron chi connectivity index (χ2n) is 2.81. The quantitative estimate of drug-likeness (QED) is 0.578. The first kappa shape index (κ1) is 9.73. The lowest BCUT2D eigenvalue weighted by atomic mass is 10.2. The first-order valence-corrected chi connectivity index (χ1v) is 5.30. The number of aromatic nitrogens is 3. The number of pyridine rings is 1. The summed E-state index contributed by atoms with van der Waals surface area (Å²) in [4.78, 5) is 4.01. The van der Waals surface area contributed by atoms with Crippen molar-refractivity contribution < 1.29 is 0 Å². The van der Waals surface area contributed by atoms with Gasteiger partial charge in [-0.05, 0) is 28.4 Å². The van der Waals surface area contributed by atoms with Gasteiger partial charge in [0.1, 0.15) is 0 Å². The third-order valence-corrected chi connectivity index (χ3v) is 2.26. The number of rotatable bonds is 0. The summed E-state index contributed by atoms with van der Waals surface area (Å²) in [6, 6.07) is 10.2. The van der Waals surface area contributed by atoms with Gasteiger partial charge >= 0.3 is 0 Å². The molecule has 0 radical (unpaired) electrons. The maximum atomic E-state index is 4.01. The summed E-state index contributed by atoms with van der Waals surface area (Å²) >= 11 is 1.35. The summed E-state index contributed by atoms with van der Waals surface area (Å²) in [7, 11) is 0. The zero-order chi connectivity index (χ0) is 10.3. The SMILES string of the molecule is c1ccc2cnccc2c1.c1csnn1. The largest absolute Gasteiger partial charge is 0.264 e. The molecule has 0 spiro atoms. The van der Waals surface area contributed by atoms with E-state index in [1.165, 1.54) is 22.3 Å². The van der Waals surface area contributed by atoms with E-state index in [0.717, 1.165) is 0 Å². The summed E-state index contributed by atoms with van der Waals surface area (Å²) in [5.74, 6) is 0. The fourth-order valence-corrected chi connectivity index (χ4v) is 1.44. The van der Waals surface area contributed by atoms with Crippen LogP contribution in [0.4, 0.5) is 0 Å². The molecular formula is C11H9N3S. The number of fused-ring (bicyclic) bond motifs is 1. The van der Waals surface area contributed by atoms with E-state index in [-0.39, 0.29) is 0 Å². The van der Waals surface area contributed by atoms with E-state index in [1.807, 2.05) is 36.0 Å². The Labute approximate surface area is 91.6 Å². The van der Waals surface area contributed by atoms with Gasteiger partial charge in [0, 0.05) is 17.8 Å². The first-order chi connectivity index (χ1) is 7.47. The highest BCUT2D eigenvalue weighted by atomic mass is 32.1. The minimum Gasteiger partial charge on any atom is -0.264 e. The highest BCUT2D eigenvalue weighted by molar-refractivity contribution is 7.03. The molecule has 0 amide bonds. The van der Waals surface area contributed by atoms with Crippen molar-refractivity contribution in [3.05, 3.63) is 54.3 Å². The van der Waals surface area contributed by atoms with Gasteiger partial charge in [0.05, 0.1) is 6.20 Å². The second kappa shape index (κ2) is 5.17. The Balaban J connectivity index is 0.000000144. The van der Waals surface area contributed by atoms with Crippen LogP contribution < -0.4 is 0 Å². The van der Waals surface area contributed by atoms with E-state index < -0.39 is 0 Å². The lowest BCUT2D eigenvalue weighted by Gasteiger charge is -1.91. The molecule has 2 heterocycles. The molecule has 0 bridgehead atoms. The third kappa shape index (κ3) is 2.82. The molecule has 15 heavy (non-hydrogen) atoms. The van der Waals surface area contributed by atoms with Crippen LogP contribution in [0.1, 0.15) is 0 Å². The van der Waals surface area contributed by atoms with E-state index in [2.05, 4.69) is 26.7 Å². The predicted molar refractivity (Wildman–Crippen MR) is 61.7 cm³/mol. The molecule has 0 aliphatic carbocycles. The molecule has 3 aromatic rings. The molecule has 0 aliphatic heterocycles. The van der Waals surface area contributed by atoms with Crippen LogP contribution >= 0.6 is 11.5 Å². The number of hydrogen-bond donors (Lipinski definition) is 0. The minimum absolute atomic E-state index is 1.20. The highest BCUT2D eigenvalue weighted by Gasteiger charge is 1.86. The Bertz CT molecular complexity index is 425. The molecule has 0 atom stereocenters. The molecule has 0 saturated carbocycles. The van der Waals surface area contributed by atoms with Crippen LogP contribution in [-0.4, -0.2) is 14.6 Å². The summed E-state index contributed by atoms with van der Waals surface area (Å²) < 4.78 is 3.51. The van der Waals surface area contributed by atoms with Gasteiger partial charge in [-0.15, -0.1) is 5.10 Å². The predicted octanol–water partition coefficient (Wildman–Crippen LogP) is 2.77. The lowest BCUT2D eigenvalue weighted by Crippen LogP contribution is -1.71. The van der Waals surface area contributed by atoms with Gasteiger partial charge in [0.15, 0.2) is 0 Å². The third-order valence-electron chi connectivity index (χ3n) is 1.83. The summed E-state index contributed by atoms with van der Waals surface area (Å²) in [5.41, 5.74) is 0. The molecule has 3 rings (SSSR count). The van der Waals surface area contributed by atoms with Crippen molar-refractivity contribution in [2.45, 2.75) is 0 Å². The molecule has 0 saturated heterocycles. The number of benzene rings is 1. The molecule has 4 heteroatoms. The molecule has 3 nitrogen and oxygen atoms in total. The van der Waals surface area contributed by atoms with Crippen molar-refractivity contribution in [3.8, 4) is 0 Å². The monoisotopic (exact) mass is 215 g/mol. The molecule has 1 aromatic carbocycles. The van der Waals surface area contributed by atoms with Crippen LogP contribution in [0.5, 0.6) is 0 Å². The molecular weight excluding hydrogens is 206 g/mol. The van der Waals surface area contributed by atoms with Crippen LogP contribution in [0, 0.1) is 0 Å². The van der Waals surface area contributed by atoms with Gasteiger partial charge in [0.25, 0.3) is 0 Å². The van der Waals surface area contributed by atoms with E-state index in [1.54, 1.807) is 6.20 Å². The Morgan fingerprint density at radius 2 is 1.80 bits per heavy atom. The Hall–Kier alpha value is -1.81. The standard InChI is InChI=1S/C9H7N.C2H2N2S/c1-2-4-9-7-10-6-5-8(9)3-1;1-2-5-4-3-1/h1-7H;1-2H. The number of nitrogens with zero attached hydrogens (tertiary/aromatic N) is 3. The zero-order valence-electron chi connectivity index (χ0n) is 7.95. The van der Waals surface area contributed by atoms with Gasteiger partial charge < -0.3 is 0 Å². The maximum absolute atomic E-state index is 4.01. The molecule has 0 N–H and O–H groups in total. The van der Waals surface area contributed by atoms with Crippen LogP contribution in [0.25, 0.3) is 10.8 Å². The van der Waals surface area contributed by atoms with Gasteiger partial charge in [-0.2, -0.15) is 0 Å². The lowest BCUT2D eigenvalue weighted by molar-refractivity contribution is 1.16. The van der Waals surface area contributed by atoms with Crippen LogP contribution in [-0.2, 0) is 0 Å². The molecule has 74 valence electrons. The van der Waals surface area contributed by atoms with E-state index in [0.29, 0.717) is 0 Å². The van der Waals surface area contributed by atoms with Gasteiger partial charge in [-0.1, -0.05) is 28.8 Å². The fourth-order valence-electron chi connectivity index (χ4n) is 1.16. The minimum atomic E-state index is 1.20. The van der Waals surface area contributed by atoms with Crippen molar-refractivity contribution in [2.24, 2.45) is 0 Å². The molecule has 0 unspecified atom stereocenters. The average molecular weight is 215 g/mol. The van der Waals surface area contributed by atoms with Crippen molar-refractivity contribution in [1.29, 1.82) is 0 Å². The Morgan fingerprint density at radius 3 is 2.40 bits per heavy atom. The van der Waals surface area contributed by atoms with Gasteiger partial charge in [0.2, 0.25) is 0 Å². The summed E-state index contributed by atoms with van der Waals surface area (Å²) in [6.45, 7) is 0. The van der Waals surface area contributed by atoms with E-state index >= 15 is 0 Å². The first-order valence-electron chi connectivity index (χ1n) is 4.46. The van der Waals surface area contributed by atoms with Gasteiger partial charge in [-0.25, -0.2) is 0 Å². The zero-order valence-corrected chi connectivity index (χ0v) is 8.76. The Kier molecular flexibility index (Phi) is 3.35. The van der Waals surface area contributed by atoms with Crippen molar-refractivity contribution in [2.75, 3.05) is 0 Å². The van der Waals surface area contributed by atoms with Crippen molar-refractivity contribution in [1.82, 2.24) is 14.6 Å². The van der Waals surface area contributed by atoms with E-state index in [4.69, 9.17) is 0 Å². The fraction of sp³-hybridized carbons (Fsp3) is 0. The molecule has 0 fully saturated rings. The summed E-state index contributed by atoms with van der Waals surface area (Å²) in [6.07, 6.45) is 5.34. The smallest absolute Gasteiger partial charge is 0.0620 e. The van der Waals surface area contributed by atoms with Crippen LogP contribution in [0.15, 0.2) is 54.3 Å². The second-order valence-corrected chi connectivity index (χ2v) is 3.46. The molecule has 2 aromatic heterocycles. The highest BCUT2D eigenvalue weighted by Crippen LogP contribution is 2.09. The van der Waals surface area contributed by atoms with Crippen molar-refractivity contribution in [3.63, 3.8) is 0 Å². The summed E-state index contributed by atoms with van der Waals surface area (Å²) in [5, 5.41) is 7.76. The maximum Gasteiger partial charge on any atom is 0.0620 e. The number of hydrogen-bond acceptors (Lipinski definition) is 4. The normalized spacial score (nSPS) is 9.33. The van der Waals surface area contributed by atoms with Crippen LogP contribution in [0.3, 0.4) is 0 Å². The molecule has 0 aliphatic rings. The van der Waals surface area contributed by atoms with E-state index in [9.17, 15) is 0 Å². The average Bonchev–Trinajstić information content (AvgIpc) is 2.88. The van der Waals surface area contributed by atoms with Gasteiger partial charge in [-0.3, -0.25) is 4.98 Å². The topological polar surface area (TPSA) is 38.7 Å².